The van der Waals surface area contributed by atoms with Crippen LogP contribution in [-0.4, -0.2) is 14.6 Å². The van der Waals surface area contributed by atoms with Crippen molar-refractivity contribution in [1.82, 2.24) is 14.6 Å². The Morgan fingerprint density at radius 1 is 1.55 bits per heavy atom. The molecule has 0 aliphatic rings. The molecule has 0 spiro atoms. The van der Waals surface area contributed by atoms with Gasteiger partial charge in [-0.05, 0) is 18.6 Å². The molecule has 0 radical (unpaired) electrons. The topological polar surface area (TPSA) is 30.2 Å². The van der Waals surface area contributed by atoms with Crippen LogP contribution in [0.1, 0.15) is 5.56 Å². The lowest BCUT2D eigenvalue weighted by Crippen LogP contribution is -1.90. The van der Waals surface area contributed by atoms with Gasteiger partial charge in [0.05, 0.1) is 6.20 Å². The molecule has 0 aromatic carbocycles. The minimum Gasteiger partial charge on any atom is -0.219 e. The summed E-state index contributed by atoms with van der Waals surface area (Å²) < 4.78 is 1.66. The molecule has 0 aliphatic carbocycles. The van der Waals surface area contributed by atoms with Crippen LogP contribution < -0.4 is 0 Å². The fraction of sp³-hybridized carbons (Fsp3) is 0.143. The quantitative estimate of drug-likeness (QED) is 0.598. The van der Waals surface area contributed by atoms with Gasteiger partial charge in [0, 0.05) is 6.20 Å². The van der Waals surface area contributed by atoms with Gasteiger partial charge in [0.2, 0.25) is 0 Å². The first-order valence-corrected chi connectivity index (χ1v) is 3.61. The van der Waals surface area contributed by atoms with E-state index in [9.17, 15) is 0 Å². The van der Waals surface area contributed by atoms with Crippen LogP contribution in [0.5, 0.6) is 0 Å². The summed E-state index contributed by atoms with van der Waals surface area (Å²) in [5.41, 5.74) is 1.89. The Labute approximate surface area is 68.6 Å². The van der Waals surface area contributed by atoms with Crippen molar-refractivity contribution in [2.24, 2.45) is 0 Å². The van der Waals surface area contributed by atoms with Gasteiger partial charge in [0.15, 0.2) is 5.65 Å². The van der Waals surface area contributed by atoms with Gasteiger partial charge in [-0.1, -0.05) is 11.6 Å². The first-order valence-electron chi connectivity index (χ1n) is 3.24. The molecule has 11 heavy (non-hydrogen) atoms. The first-order chi connectivity index (χ1) is 5.27. The fourth-order valence-corrected chi connectivity index (χ4v) is 1.16. The van der Waals surface area contributed by atoms with E-state index in [1.54, 1.807) is 16.9 Å². The standard InChI is InChI=1S/C7H6ClN3/c1-5-2-3-9-11-4-6(8)10-7(5)11/h2-4H,1H3. The predicted octanol–water partition coefficient (Wildman–Crippen LogP) is 1.69. The summed E-state index contributed by atoms with van der Waals surface area (Å²) in [6.45, 7) is 1.97. The molecule has 2 heterocycles. The summed E-state index contributed by atoms with van der Waals surface area (Å²) in [4.78, 5) is 4.08. The summed E-state index contributed by atoms with van der Waals surface area (Å²) >= 11 is 5.68. The van der Waals surface area contributed by atoms with Crippen LogP contribution in [0.4, 0.5) is 0 Å². The molecule has 0 atom stereocenters. The SMILES string of the molecule is Cc1ccnn2cc(Cl)nc12. The average molecular weight is 168 g/mol. The van der Waals surface area contributed by atoms with E-state index in [0.29, 0.717) is 5.15 Å². The van der Waals surface area contributed by atoms with E-state index in [1.807, 2.05) is 13.0 Å². The minimum absolute atomic E-state index is 0.479. The van der Waals surface area contributed by atoms with Crippen LogP contribution in [0.25, 0.3) is 5.65 Å². The molecule has 0 amide bonds. The lowest BCUT2D eigenvalue weighted by atomic mass is 10.3. The van der Waals surface area contributed by atoms with Crippen molar-refractivity contribution in [3.8, 4) is 0 Å². The maximum absolute atomic E-state index is 5.68. The predicted molar refractivity (Wildman–Crippen MR) is 42.7 cm³/mol. The zero-order chi connectivity index (χ0) is 7.84. The smallest absolute Gasteiger partial charge is 0.158 e. The Bertz CT molecular complexity index is 393. The van der Waals surface area contributed by atoms with Gasteiger partial charge < -0.3 is 0 Å². The highest BCUT2D eigenvalue weighted by molar-refractivity contribution is 6.29. The van der Waals surface area contributed by atoms with Crippen LogP contribution in [-0.2, 0) is 0 Å². The molecule has 2 aromatic heterocycles. The summed E-state index contributed by atoms with van der Waals surface area (Å²) in [5.74, 6) is 0. The third-order valence-corrected chi connectivity index (χ3v) is 1.71. The van der Waals surface area contributed by atoms with Gasteiger partial charge >= 0.3 is 0 Å². The number of aryl methyl sites for hydroxylation is 1. The van der Waals surface area contributed by atoms with Gasteiger partial charge in [0.25, 0.3) is 0 Å². The monoisotopic (exact) mass is 167 g/mol. The van der Waals surface area contributed by atoms with E-state index in [4.69, 9.17) is 11.6 Å². The summed E-state index contributed by atoms with van der Waals surface area (Å²) in [6.07, 6.45) is 3.41. The zero-order valence-corrected chi connectivity index (χ0v) is 6.71. The molecule has 0 unspecified atom stereocenters. The van der Waals surface area contributed by atoms with Gasteiger partial charge in [0.1, 0.15) is 5.15 Å². The number of fused-ring (bicyclic) bond motifs is 1. The van der Waals surface area contributed by atoms with Crippen LogP contribution >= 0.6 is 11.6 Å². The van der Waals surface area contributed by atoms with Gasteiger partial charge in [-0.3, -0.25) is 0 Å². The molecule has 2 rings (SSSR count). The van der Waals surface area contributed by atoms with E-state index < -0.39 is 0 Å². The van der Waals surface area contributed by atoms with Crippen LogP contribution in [0.3, 0.4) is 0 Å². The number of rotatable bonds is 0. The molecule has 0 aliphatic heterocycles. The van der Waals surface area contributed by atoms with Crippen molar-refractivity contribution in [2.75, 3.05) is 0 Å². The van der Waals surface area contributed by atoms with Crippen molar-refractivity contribution >= 4 is 17.2 Å². The van der Waals surface area contributed by atoms with Crippen LogP contribution in [0.2, 0.25) is 5.15 Å². The third-order valence-electron chi connectivity index (χ3n) is 1.53. The largest absolute Gasteiger partial charge is 0.219 e. The Balaban J connectivity index is 2.90. The van der Waals surface area contributed by atoms with Gasteiger partial charge in [-0.25, -0.2) is 9.50 Å². The van der Waals surface area contributed by atoms with Crippen LogP contribution in [0.15, 0.2) is 18.5 Å². The highest BCUT2D eigenvalue weighted by Crippen LogP contribution is 2.10. The van der Waals surface area contributed by atoms with Crippen molar-refractivity contribution in [1.29, 1.82) is 0 Å². The zero-order valence-electron chi connectivity index (χ0n) is 5.95. The highest BCUT2D eigenvalue weighted by atomic mass is 35.5. The molecule has 3 nitrogen and oxygen atoms in total. The number of hydrogen-bond donors (Lipinski definition) is 0. The first kappa shape index (κ1) is 6.61. The second-order valence-electron chi connectivity index (χ2n) is 2.35. The minimum atomic E-state index is 0.479. The van der Waals surface area contributed by atoms with Crippen molar-refractivity contribution < 1.29 is 0 Å². The lowest BCUT2D eigenvalue weighted by Gasteiger charge is -1.92. The van der Waals surface area contributed by atoms with Gasteiger partial charge in [-0.15, -0.1) is 0 Å². The Morgan fingerprint density at radius 2 is 2.36 bits per heavy atom. The number of halogens is 1. The van der Waals surface area contributed by atoms with Crippen molar-refractivity contribution in [3.05, 3.63) is 29.2 Å². The highest BCUT2D eigenvalue weighted by Gasteiger charge is 2.00. The van der Waals surface area contributed by atoms with E-state index in [0.717, 1.165) is 11.2 Å². The summed E-state index contributed by atoms with van der Waals surface area (Å²) in [6, 6.07) is 1.90. The average Bonchev–Trinajstić information content (AvgIpc) is 2.31. The molecule has 0 fully saturated rings. The molecular formula is C7H6ClN3. The molecule has 56 valence electrons. The third kappa shape index (κ3) is 0.973. The molecule has 0 saturated carbocycles. The van der Waals surface area contributed by atoms with Gasteiger partial charge in [-0.2, -0.15) is 5.10 Å². The Kier molecular flexibility index (Phi) is 1.32. The normalized spacial score (nSPS) is 10.7. The number of aromatic nitrogens is 3. The maximum Gasteiger partial charge on any atom is 0.158 e. The van der Waals surface area contributed by atoms with E-state index >= 15 is 0 Å². The van der Waals surface area contributed by atoms with E-state index in [-0.39, 0.29) is 0 Å². The Morgan fingerprint density at radius 3 is 3.09 bits per heavy atom. The number of hydrogen-bond acceptors (Lipinski definition) is 2. The summed E-state index contributed by atoms with van der Waals surface area (Å²) in [5, 5.41) is 4.51. The fourth-order valence-electron chi connectivity index (χ4n) is 0.992. The van der Waals surface area contributed by atoms with Crippen molar-refractivity contribution in [2.45, 2.75) is 6.92 Å². The number of imidazole rings is 1. The molecule has 0 bridgehead atoms. The maximum atomic E-state index is 5.68. The van der Waals surface area contributed by atoms with E-state index in [2.05, 4.69) is 10.1 Å². The van der Waals surface area contributed by atoms with E-state index in [1.165, 1.54) is 0 Å². The lowest BCUT2D eigenvalue weighted by molar-refractivity contribution is 0.928. The molecule has 0 N–H and O–H groups in total. The second kappa shape index (κ2) is 2.20. The summed E-state index contributed by atoms with van der Waals surface area (Å²) in [7, 11) is 0. The number of nitrogens with zero attached hydrogens (tertiary/aromatic N) is 3. The van der Waals surface area contributed by atoms with Crippen molar-refractivity contribution in [3.63, 3.8) is 0 Å². The molecule has 2 aromatic rings. The molecule has 0 saturated heterocycles. The second-order valence-corrected chi connectivity index (χ2v) is 2.73. The van der Waals surface area contributed by atoms with Crippen LogP contribution in [0, 0.1) is 6.92 Å². The molecular weight excluding hydrogens is 162 g/mol. The Hall–Kier alpha value is -1.09. The molecule has 4 heteroatoms.